The van der Waals surface area contributed by atoms with Crippen LogP contribution in [0.1, 0.15) is 10.4 Å². The molecule has 18 heavy (non-hydrogen) atoms. The molecule has 2 heterocycles. The number of fused-ring (bicyclic) bond motifs is 1. The SMILES string of the molecule is Cc1ccc(-c2cc(O)c3c(c2)CNCCO3)s1. The quantitative estimate of drug-likeness (QED) is 0.829. The molecule has 0 bridgehead atoms. The Balaban J connectivity index is 2.07. The van der Waals surface area contributed by atoms with Gasteiger partial charge in [0.05, 0.1) is 0 Å². The molecule has 0 spiro atoms. The number of thiophene rings is 1. The van der Waals surface area contributed by atoms with E-state index in [4.69, 9.17) is 4.74 Å². The van der Waals surface area contributed by atoms with Crippen LogP contribution in [0.5, 0.6) is 11.5 Å². The Kier molecular flexibility index (Phi) is 2.97. The molecule has 1 aromatic heterocycles. The maximum atomic E-state index is 10.1. The van der Waals surface area contributed by atoms with Crippen LogP contribution in [0, 0.1) is 6.92 Å². The molecule has 1 aliphatic rings. The lowest BCUT2D eigenvalue weighted by Crippen LogP contribution is -2.16. The van der Waals surface area contributed by atoms with E-state index in [0.717, 1.165) is 24.2 Å². The van der Waals surface area contributed by atoms with Gasteiger partial charge < -0.3 is 15.2 Å². The highest BCUT2D eigenvalue weighted by Crippen LogP contribution is 2.38. The Morgan fingerprint density at radius 2 is 2.22 bits per heavy atom. The zero-order valence-corrected chi connectivity index (χ0v) is 11.0. The van der Waals surface area contributed by atoms with Crippen LogP contribution in [0.3, 0.4) is 0 Å². The van der Waals surface area contributed by atoms with Crippen molar-refractivity contribution in [2.24, 2.45) is 0 Å². The first-order valence-electron chi connectivity index (χ1n) is 6.00. The normalized spacial score (nSPS) is 14.7. The van der Waals surface area contributed by atoms with Gasteiger partial charge in [-0.2, -0.15) is 0 Å². The van der Waals surface area contributed by atoms with Crippen molar-refractivity contribution in [3.05, 3.63) is 34.7 Å². The van der Waals surface area contributed by atoms with Gasteiger partial charge >= 0.3 is 0 Å². The van der Waals surface area contributed by atoms with Gasteiger partial charge in [-0.05, 0) is 36.8 Å². The average molecular weight is 261 g/mol. The van der Waals surface area contributed by atoms with Crippen molar-refractivity contribution in [1.29, 1.82) is 0 Å². The molecule has 0 aliphatic carbocycles. The maximum absolute atomic E-state index is 10.1. The molecule has 3 rings (SSSR count). The molecule has 94 valence electrons. The minimum absolute atomic E-state index is 0.234. The predicted molar refractivity (Wildman–Crippen MR) is 73.4 cm³/mol. The van der Waals surface area contributed by atoms with E-state index in [1.54, 1.807) is 17.4 Å². The summed E-state index contributed by atoms with van der Waals surface area (Å²) in [5.41, 5.74) is 2.07. The first-order valence-corrected chi connectivity index (χ1v) is 6.82. The lowest BCUT2D eigenvalue weighted by molar-refractivity contribution is 0.307. The van der Waals surface area contributed by atoms with Crippen molar-refractivity contribution in [2.75, 3.05) is 13.2 Å². The number of phenolic OH excluding ortho intramolecular Hbond substituents is 1. The summed E-state index contributed by atoms with van der Waals surface area (Å²) in [6, 6.07) is 8.07. The highest BCUT2D eigenvalue weighted by Gasteiger charge is 2.15. The van der Waals surface area contributed by atoms with E-state index in [2.05, 4.69) is 30.4 Å². The minimum atomic E-state index is 0.234. The van der Waals surface area contributed by atoms with Gasteiger partial charge in [-0.1, -0.05) is 0 Å². The monoisotopic (exact) mass is 261 g/mol. The summed E-state index contributed by atoms with van der Waals surface area (Å²) >= 11 is 1.73. The standard InChI is InChI=1S/C14H15NO2S/c1-9-2-3-13(18-9)10-6-11-8-15-4-5-17-14(11)12(16)7-10/h2-3,6-7,15-16H,4-5,8H2,1H3. The predicted octanol–water partition coefficient (Wildman–Crippen LogP) is 2.91. The van der Waals surface area contributed by atoms with Crippen LogP contribution in [0.4, 0.5) is 0 Å². The molecule has 1 aliphatic heterocycles. The second-order valence-electron chi connectivity index (χ2n) is 4.42. The van der Waals surface area contributed by atoms with Crippen LogP contribution in [0.2, 0.25) is 0 Å². The molecule has 1 aromatic carbocycles. The summed E-state index contributed by atoms with van der Waals surface area (Å²) in [4.78, 5) is 2.45. The number of rotatable bonds is 1. The number of phenols is 1. The van der Waals surface area contributed by atoms with Crippen molar-refractivity contribution >= 4 is 11.3 Å². The molecule has 0 saturated heterocycles. The minimum Gasteiger partial charge on any atom is -0.504 e. The van der Waals surface area contributed by atoms with Gasteiger partial charge in [-0.25, -0.2) is 0 Å². The lowest BCUT2D eigenvalue weighted by Gasteiger charge is -2.10. The number of nitrogens with one attached hydrogen (secondary N) is 1. The van der Waals surface area contributed by atoms with Gasteiger partial charge in [0.2, 0.25) is 0 Å². The maximum Gasteiger partial charge on any atom is 0.165 e. The molecule has 0 amide bonds. The smallest absolute Gasteiger partial charge is 0.165 e. The van der Waals surface area contributed by atoms with Crippen molar-refractivity contribution in [3.63, 3.8) is 0 Å². The number of aromatic hydroxyl groups is 1. The second-order valence-corrected chi connectivity index (χ2v) is 5.71. The summed E-state index contributed by atoms with van der Waals surface area (Å²) in [6.45, 7) is 4.23. The number of aryl methyl sites for hydroxylation is 1. The van der Waals surface area contributed by atoms with Crippen molar-refractivity contribution in [1.82, 2.24) is 5.32 Å². The largest absolute Gasteiger partial charge is 0.504 e. The molecular weight excluding hydrogens is 246 g/mol. The lowest BCUT2D eigenvalue weighted by atomic mass is 10.1. The first-order chi connectivity index (χ1) is 8.74. The Morgan fingerprint density at radius 1 is 1.33 bits per heavy atom. The van der Waals surface area contributed by atoms with E-state index >= 15 is 0 Å². The Hall–Kier alpha value is -1.52. The van der Waals surface area contributed by atoms with Crippen molar-refractivity contribution < 1.29 is 9.84 Å². The fourth-order valence-electron chi connectivity index (χ4n) is 2.15. The van der Waals surface area contributed by atoms with Gasteiger partial charge in [-0.15, -0.1) is 11.3 Å². The van der Waals surface area contributed by atoms with Crippen LogP contribution in [0.15, 0.2) is 24.3 Å². The van der Waals surface area contributed by atoms with Crippen molar-refractivity contribution in [3.8, 4) is 21.9 Å². The number of hydrogen-bond donors (Lipinski definition) is 2. The van der Waals surface area contributed by atoms with Crippen LogP contribution in [-0.2, 0) is 6.54 Å². The zero-order valence-electron chi connectivity index (χ0n) is 10.2. The van der Waals surface area contributed by atoms with Crippen molar-refractivity contribution in [2.45, 2.75) is 13.5 Å². The van der Waals surface area contributed by atoms with Crippen LogP contribution < -0.4 is 10.1 Å². The van der Waals surface area contributed by atoms with Gasteiger partial charge in [0, 0.05) is 28.4 Å². The van der Waals surface area contributed by atoms with Gasteiger partial charge in [-0.3, -0.25) is 0 Å². The molecule has 0 fully saturated rings. The summed E-state index contributed by atoms with van der Waals surface area (Å²) in [5, 5.41) is 13.4. The topological polar surface area (TPSA) is 41.5 Å². The Morgan fingerprint density at radius 3 is 3.00 bits per heavy atom. The molecule has 3 nitrogen and oxygen atoms in total. The highest BCUT2D eigenvalue weighted by atomic mass is 32.1. The second kappa shape index (κ2) is 4.63. The first kappa shape index (κ1) is 11.6. The zero-order chi connectivity index (χ0) is 12.5. The van der Waals surface area contributed by atoms with Gasteiger partial charge in [0.1, 0.15) is 6.61 Å². The molecule has 0 radical (unpaired) electrons. The van der Waals surface area contributed by atoms with E-state index in [0.29, 0.717) is 12.4 Å². The third-order valence-electron chi connectivity index (χ3n) is 3.01. The molecule has 0 unspecified atom stereocenters. The van der Waals surface area contributed by atoms with Crippen LogP contribution in [-0.4, -0.2) is 18.3 Å². The molecule has 2 N–H and O–H groups in total. The fraction of sp³-hybridized carbons (Fsp3) is 0.286. The Bertz CT molecular complexity index is 577. The van der Waals surface area contributed by atoms with Crippen LogP contribution >= 0.6 is 11.3 Å². The van der Waals surface area contributed by atoms with Gasteiger partial charge in [0.25, 0.3) is 0 Å². The fourth-order valence-corrected chi connectivity index (χ4v) is 3.01. The summed E-state index contributed by atoms with van der Waals surface area (Å²) < 4.78 is 5.57. The molecular formula is C14H15NO2S. The van der Waals surface area contributed by atoms with E-state index in [-0.39, 0.29) is 5.75 Å². The number of hydrogen-bond acceptors (Lipinski definition) is 4. The molecule has 0 saturated carbocycles. The molecule has 0 atom stereocenters. The van der Waals surface area contributed by atoms with E-state index in [1.165, 1.54) is 9.75 Å². The van der Waals surface area contributed by atoms with E-state index in [9.17, 15) is 5.11 Å². The highest BCUT2D eigenvalue weighted by molar-refractivity contribution is 7.15. The number of benzene rings is 1. The third kappa shape index (κ3) is 2.09. The van der Waals surface area contributed by atoms with Crippen LogP contribution in [0.25, 0.3) is 10.4 Å². The van der Waals surface area contributed by atoms with E-state index in [1.807, 2.05) is 0 Å². The average Bonchev–Trinajstić information content (AvgIpc) is 2.63. The molecule has 4 heteroatoms. The summed E-state index contributed by atoms with van der Waals surface area (Å²) in [5.74, 6) is 0.856. The van der Waals surface area contributed by atoms with E-state index < -0.39 is 0 Å². The Labute approximate surface area is 110 Å². The summed E-state index contributed by atoms with van der Waals surface area (Å²) in [7, 11) is 0. The summed E-state index contributed by atoms with van der Waals surface area (Å²) in [6.07, 6.45) is 0. The van der Waals surface area contributed by atoms with Gasteiger partial charge in [0.15, 0.2) is 11.5 Å². The molecule has 2 aromatic rings. The third-order valence-corrected chi connectivity index (χ3v) is 4.06. The number of ether oxygens (including phenoxy) is 1.